The van der Waals surface area contributed by atoms with E-state index in [9.17, 15) is 14.4 Å². The predicted molar refractivity (Wildman–Crippen MR) is 114 cm³/mol. The van der Waals surface area contributed by atoms with Gasteiger partial charge in [0.1, 0.15) is 6.04 Å². The number of nitrogens with one attached hydrogen (secondary N) is 3. The van der Waals surface area contributed by atoms with Crippen LogP contribution >= 0.6 is 0 Å². The Morgan fingerprint density at radius 1 is 1.26 bits per heavy atom. The highest BCUT2D eigenvalue weighted by atomic mass is 16.2. The average molecular weight is 432 g/mol. The van der Waals surface area contributed by atoms with Gasteiger partial charge >= 0.3 is 6.03 Å². The lowest BCUT2D eigenvalue weighted by Gasteiger charge is -2.42. The van der Waals surface area contributed by atoms with Crippen LogP contribution in [-0.2, 0) is 23.2 Å². The van der Waals surface area contributed by atoms with Crippen LogP contribution in [-0.4, -0.2) is 81.2 Å². The molecule has 3 heterocycles. The van der Waals surface area contributed by atoms with Crippen molar-refractivity contribution in [1.29, 1.82) is 0 Å². The molecule has 1 aromatic rings. The van der Waals surface area contributed by atoms with Crippen LogP contribution in [0.15, 0.2) is 12.4 Å². The molecular formula is C21H33N7O3. The first-order valence-electron chi connectivity index (χ1n) is 11.2. The molecular weight excluding hydrogens is 398 g/mol. The van der Waals surface area contributed by atoms with E-state index >= 15 is 0 Å². The molecule has 0 aromatic carbocycles. The van der Waals surface area contributed by atoms with Crippen LogP contribution in [0.4, 0.5) is 4.79 Å². The Morgan fingerprint density at radius 2 is 2.03 bits per heavy atom. The van der Waals surface area contributed by atoms with Gasteiger partial charge < -0.3 is 20.9 Å². The van der Waals surface area contributed by atoms with Crippen molar-refractivity contribution in [2.24, 2.45) is 13.0 Å². The van der Waals surface area contributed by atoms with Crippen LogP contribution in [0.5, 0.6) is 0 Å². The van der Waals surface area contributed by atoms with Crippen molar-refractivity contribution in [2.75, 3.05) is 19.6 Å². The maximum Gasteiger partial charge on any atom is 0.315 e. The number of piperazine rings is 1. The number of aromatic nitrogens is 2. The molecule has 0 unspecified atom stereocenters. The maximum absolute atomic E-state index is 13.4. The van der Waals surface area contributed by atoms with Crippen molar-refractivity contribution in [3.05, 3.63) is 18.0 Å². The smallest absolute Gasteiger partial charge is 0.315 e. The Labute approximate surface area is 182 Å². The summed E-state index contributed by atoms with van der Waals surface area (Å²) >= 11 is 0. The minimum Gasteiger partial charge on any atom is -0.354 e. The molecule has 3 aliphatic rings. The van der Waals surface area contributed by atoms with Gasteiger partial charge in [0, 0.05) is 63.0 Å². The van der Waals surface area contributed by atoms with E-state index in [1.165, 1.54) is 0 Å². The first-order chi connectivity index (χ1) is 14.8. The normalized spacial score (nSPS) is 26.1. The van der Waals surface area contributed by atoms with Gasteiger partial charge in [0.05, 0.1) is 12.2 Å². The average Bonchev–Trinajstić information content (AvgIpc) is 3.35. The maximum atomic E-state index is 13.4. The monoisotopic (exact) mass is 431 g/mol. The lowest BCUT2D eigenvalue weighted by Crippen LogP contribution is -2.62. The van der Waals surface area contributed by atoms with Crippen molar-refractivity contribution in [3.8, 4) is 0 Å². The molecule has 4 amide bonds. The molecule has 0 spiro atoms. The Bertz CT molecular complexity index is 835. The fraction of sp³-hybridized carbons (Fsp3) is 0.714. The van der Waals surface area contributed by atoms with Gasteiger partial charge in [-0.25, -0.2) is 4.79 Å². The molecule has 1 aromatic heterocycles. The molecule has 3 fully saturated rings. The summed E-state index contributed by atoms with van der Waals surface area (Å²) < 4.78 is 1.75. The first-order valence-corrected chi connectivity index (χ1v) is 11.2. The topological polar surface area (TPSA) is 112 Å². The summed E-state index contributed by atoms with van der Waals surface area (Å²) in [6.45, 7) is 5.94. The summed E-state index contributed by atoms with van der Waals surface area (Å²) in [5.74, 6) is 0.172. The van der Waals surface area contributed by atoms with E-state index in [0.717, 1.165) is 24.8 Å². The molecule has 3 N–H and O–H groups in total. The third-order valence-corrected chi connectivity index (χ3v) is 6.19. The molecule has 0 radical (unpaired) electrons. The van der Waals surface area contributed by atoms with E-state index in [0.29, 0.717) is 26.2 Å². The molecule has 2 aliphatic heterocycles. The number of carbonyl (C=O) groups excluding carboxylic acids is 3. The lowest BCUT2D eigenvalue weighted by molar-refractivity contribution is -0.144. The van der Waals surface area contributed by atoms with Crippen molar-refractivity contribution in [3.63, 3.8) is 0 Å². The minimum atomic E-state index is -0.414. The molecule has 2 saturated heterocycles. The number of fused-ring (bicyclic) bond motifs is 1. The number of hydrogen-bond acceptors (Lipinski definition) is 5. The second-order valence-electron chi connectivity index (χ2n) is 9.34. The Balaban J connectivity index is 1.44. The summed E-state index contributed by atoms with van der Waals surface area (Å²) in [4.78, 5) is 41.7. The SMILES string of the molecule is CC(C)NC(=O)N[C@H]1C[C@H]2CN(Cc3cnn(C)c3)[C@@H](CNC(=O)C3CC3)C(=O)N2C1. The van der Waals surface area contributed by atoms with Crippen LogP contribution < -0.4 is 16.0 Å². The Morgan fingerprint density at radius 3 is 2.68 bits per heavy atom. The van der Waals surface area contributed by atoms with Crippen molar-refractivity contribution >= 4 is 17.8 Å². The summed E-state index contributed by atoms with van der Waals surface area (Å²) in [7, 11) is 1.87. The van der Waals surface area contributed by atoms with E-state index < -0.39 is 6.04 Å². The third-order valence-electron chi connectivity index (χ3n) is 6.19. The van der Waals surface area contributed by atoms with Gasteiger partial charge in [-0.2, -0.15) is 5.10 Å². The molecule has 3 atom stereocenters. The van der Waals surface area contributed by atoms with Crippen LogP contribution in [0.2, 0.25) is 0 Å². The quantitative estimate of drug-likeness (QED) is 0.554. The van der Waals surface area contributed by atoms with E-state index in [1.54, 1.807) is 4.68 Å². The second-order valence-corrected chi connectivity index (χ2v) is 9.34. The minimum absolute atomic E-state index is 0.0183. The van der Waals surface area contributed by atoms with Gasteiger partial charge in [-0.1, -0.05) is 0 Å². The number of rotatable bonds is 7. The molecule has 1 saturated carbocycles. The predicted octanol–water partition coefficient (Wildman–Crippen LogP) is -0.192. The third kappa shape index (κ3) is 5.17. The van der Waals surface area contributed by atoms with Crippen LogP contribution in [0.25, 0.3) is 0 Å². The highest BCUT2D eigenvalue weighted by molar-refractivity contribution is 5.86. The number of urea groups is 1. The van der Waals surface area contributed by atoms with E-state index in [-0.39, 0.29) is 41.9 Å². The zero-order valence-electron chi connectivity index (χ0n) is 18.5. The highest BCUT2D eigenvalue weighted by Crippen LogP contribution is 2.30. The van der Waals surface area contributed by atoms with Crippen molar-refractivity contribution < 1.29 is 14.4 Å². The van der Waals surface area contributed by atoms with Gasteiger partial charge in [-0.05, 0) is 33.1 Å². The first kappa shape index (κ1) is 21.6. The van der Waals surface area contributed by atoms with Crippen LogP contribution in [0, 0.1) is 5.92 Å². The number of amides is 4. The summed E-state index contributed by atoms with van der Waals surface area (Å²) in [5, 5.41) is 13.1. The zero-order valence-corrected chi connectivity index (χ0v) is 18.5. The van der Waals surface area contributed by atoms with E-state index in [4.69, 9.17) is 0 Å². The summed E-state index contributed by atoms with van der Waals surface area (Å²) in [5.41, 5.74) is 1.03. The van der Waals surface area contributed by atoms with Crippen LogP contribution in [0.3, 0.4) is 0 Å². The van der Waals surface area contributed by atoms with E-state index in [2.05, 4.69) is 25.9 Å². The van der Waals surface area contributed by atoms with Crippen molar-refractivity contribution in [1.82, 2.24) is 35.5 Å². The molecule has 1 aliphatic carbocycles. The number of carbonyl (C=O) groups is 3. The number of nitrogens with zero attached hydrogens (tertiary/aromatic N) is 4. The Kier molecular flexibility index (Phi) is 6.17. The van der Waals surface area contributed by atoms with Gasteiger partial charge in [0.25, 0.3) is 0 Å². The molecule has 31 heavy (non-hydrogen) atoms. The Hall–Kier alpha value is -2.62. The highest BCUT2D eigenvalue weighted by Gasteiger charge is 2.46. The summed E-state index contributed by atoms with van der Waals surface area (Å²) in [6.07, 6.45) is 6.35. The molecule has 10 nitrogen and oxygen atoms in total. The molecule has 170 valence electrons. The lowest BCUT2D eigenvalue weighted by atomic mass is 10.0. The fourth-order valence-electron chi connectivity index (χ4n) is 4.57. The fourth-order valence-corrected chi connectivity index (χ4v) is 4.57. The van der Waals surface area contributed by atoms with Gasteiger partial charge in [-0.15, -0.1) is 0 Å². The number of hydrogen-bond donors (Lipinski definition) is 3. The van der Waals surface area contributed by atoms with Gasteiger partial charge in [0.15, 0.2) is 0 Å². The molecule has 0 bridgehead atoms. The van der Waals surface area contributed by atoms with E-state index in [1.807, 2.05) is 38.2 Å². The number of aryl methyl sites for hydroxylation is 1. The van der Waals surface area contributed by atoms with Gasteiger partial charge in [0.2, 0.25) is 11.8 Å². The standard InChI is InChI=1S/C21H33N7O3/c1-13(2)24-21(31)25-16-6-17-12-27(10-14-7-23-26(3)9-14)18(20(30)28(17)11-16)8-22-19(29)15-4-5-15/h7,9,13,15-18H,4-6,8,10-12H2,1-3H3,(H,22,29)(H2,24,25,31)/t16-,17-,18-/m0/s1. The largest absolute Gasteiger partial charge is 0.354 e. The zero-order chi connectivity index (χ0) is 22.1. The molecule has 4 rings (SSSR count). The summed E-state index contributed by atoms with van der Waals surface area (Å²) in [6, 6.07) is -0.591. The van der Waals surface area contributed by atoms with Gasteiger partial charge in [-0.3, -0.25) is 19.2 Å². The van der Waals surface area contributed by atoms with Crippen LogP contribution in [0.1, 0.15) is 38.7 Å². The van der Waals surface area contributed by atoms with Crippen molar-refractivity contribution in [2.45, 2.75) is 63.8 Å². The molecule has 10 heteroatoms. The second kappa shape index (κ2) is 8.86.